The molecule has 0 saturated carbocycles. The molecule has 2 rings (SSSR count). The highest BCUT2D eigenvalue weighted by atomic mass is 16.5. The van der Waals surface area contributed by atoms with Gasteiger partial charge in [-0.05, 0) is 37.8 Å². The van der Waals surface area contributed by atoms with Crippen molar-refractivity contribution in [3.8, 4) is 5.69 Å². The molecule has 5 heteroatoms. The Hall–Kier alpha value is -2.14. The first-order chi connectivity index (χ1) is 13.2. The van der Waals surface area contributed by atoms with Gasteiger partial charge < -0.3 is 10.1 Å². The number of unbranched alkanes of at least 4 members (excludes halogenated alkanes) is 1. The van der Waals surface area contributed by atoms with Crippen LogP contribution in [0.1, 0.15) is 62.0 Å². The van der Waals surface area contributed by atoms with Gasteiger partial charge in [0.15, 0.2) is 0 Å². The fourth-order valence-corrected chi connectivity index (χ4v) is 3.08. The molecule has 0 fully saturated rings. The summed E-state index contributed by atoms with van der Waals surface area (Å²) in [5.74, 6) is 0.579. The second-order valence-corrected chi connectivity index (χ2v) is 6.99. The molecule has 148 valence electrons. The topological polar surface area (TPSA) is 56.1 Å². The van der Waals surface area contributed by atoms with Crippen LogP contribution in [0.15, 0.2) is 36.5 Å². The van der Waals surface area contributed by atoms with Gasteiger partial charge in [0, 0.05) is 19.8 Å². The predicted octanol–water partition coefficient (Wildman–Crippen LogP) is 4.53. The number of benzene rings is 1. The summed E-state index contributed by atoms with van der Waals surface area (Å²) >= 11 is 0. The fraction of sp³-hybridized carbons (Fsp3) is 0.545. The Morgan fingerprint density at radius 1 is 1.22 bits per heavy atom. The average Bonchev–Trinajstić information content (AvgIpc) is 3.08. The summed E-state index contributed by atoms with van der Waals surface area (Å²) in [5, 5.41) is 7.32. The molecule has 0 radical (unpaired) electrons. The molecule has 0 saturated heterocycles. The van der Waals surface area contributed by atoms with E-state index < -0.39 is 0 Å². The molecule has 0 aliphatic carbocycles. The van der Waals surface area contributed by atoms with Gasteiger partial charge in [-0.1, -0.05) is 51.3 Å². The SMILES string of the molecule is CCCCC(CC)COCCCNC(=O)c1cnn(-c2ccccc2)c1C. The number of hydrogen-bond donors (Lipinski definition) is 1. The fourth-order valence-electron chi connectivity index (χ4n) is 3.08. The maximum Gasteiger partial charge on any atom is 0.254 e. The molecule has 1 N–H and O–H groups in total. The van der Waals surface area contributed by atoms with Crippen LogP contribution in [0.3, 0.4) is 0 Å². The smallest absolute Gasteiger partial charge is 0.254 e. The summed E-state index contributed by atoms with van der Waals surface area (Å²) in [7, 11) is 0. The predicted molar refractivity (Wildman–Crippen MR) is 109 cm³/mol. The van der Waals surface area contributed by atoms with Gasteiger partial charge in [0.05, 0.1) is 23.1 Å². The van der Waals surface area contributed by atoms with Crippen LogP contribution >= 0.6 is 0 Å². The van der Waals surface area contributed by atoms with Gasteiger partial charge in [0.1, 0.15) is 0 Å². The van der Waals surface area contributed by atoms with Crippen LogP contribution in [-0.2, 0) is 4.74 Å². The van der Waals surface area contributed by atoms with Crippen LogP contribution in [-0.4, -0.2) is 35.4 Å². The molecule has 0 spiro atoms. The minimum absolute atomic E-state index is 0.0796. The van der Waals surface area contributed by atoms with Crippen molar-refractivity contribution in [3.63, 3.8) is 0 Å². The number of aromatic nitrogens is 2. The van der Waals surface area contributed by atoms with Crippen LogP contribution in [0.2, 0.25) is 0 Å². The van der Waals surface area contributed by atoms with Crippen molar-refractivity contribution >= 4 is 5.91 Å². The second-order valence-electron chi connectivity index (χ2n) is 6.99. The number of rotatable bonds is 12. The zero-order chi connectivity index (χ0) is 19.5. The Balaban J connectivity index is 1.71. The molecule has 1 aromatic carbocycles. The highest BCUT2D eigenvalue weighted by Crippen LogP contribution is 2.14. The molecule has 1 heterocycles. The van der Waals surface area contributed by atoms with E-state index in [-0.39, 0.29) is 5.91 Å². The number of amides is 1. The Kier molecular flexibility index (Phi) is 9.05. The van der Waals surface area contributed by atoms with E-state index in [1.54, 1.807) is 10.9 Å². The van der Waals surface area contributed by atoms with Crippen molar-refractivity contribution in [1.82, 2.24) is 15.1 Å². The van der Waals surface area contributed by atoms with E-state index in [2.05, 4.69) is 24.3 Å². The van der Waals surface area contributed by atoms with Gasteiger partial charge in [-0.3, -0.25) is 4.79 Å². The molecule has 1 unspecified atom stereocenters. The van der Waals surface area contributed by atoms with E-state index in [9.17, 15) is 4.79 Å². The lowest BCUT2D eigenvalue weighted by Gasteiger charge is -2.14. The van der Waals surface area contributed by atoms with E-state index in [1.165, 1.54) is 25.7 Å². The summed E-state index contributed by atoms with van der Waals surface area (Å²) in [6.45, 7) is 8.49. The lowest BCUT2D eigenvalue weighted by molar-refractivity contribution is 0.0875. The zero-order valence-electron chi connectivity index (χ0n) is 16.9. The normalized spacial score (nSPS) is 12.1. The lowest BCUT2D eigenvalue weighted by Crippen LogP contribution is -2.26. The highest BCUT2D eigenvalue weighted by Gasteiger charge is 2.14. The van der Waals surface area contributed by atoms with E-state index >= 15 is 0 Å². The third kappa shape index (κ3) is 6.51. The number of carbonyl (C=O) groups is 1. The first-order valence-corrected chi connectivity index (χ1v) is 10.1. The van der Waals surface area contributed by atoms with Crippen LogP contribution in [0.5, 0.6) is 0 Å². The number of para-hydroxylation sites is 1. The van der Waals surface area contributed by atoms with Gasteiger partial charge in [0.2, 0.25) is 0 Å². The molecule has 1 aromatic heterocycles. The van der Waals surface area contributed by atoms with Gasteiger partial charge >= 0.3 is 0 Å². The molecule has 0 aliphatic heterocycles. The zero-order valence-corrected chi connectivity index (χ0v) is 16.9. The van der Waals surface area contributed by atoms with Crippen molar-refractivity contribution in [3.05, 3.63) is 47.8 Å². The minimum atomic E-state index is -0.0796. The van der Waals surface area contributed by atoms with E-state index in [4.69, 9.17) is 4.74 Å². The molecular formula is C22H33N3O2. The second kappa shape index (κ2) is 11.5. The summed E-state index contributed by atoms with van der Waals surface area (Å²) in [6, 6.07) is 9.83. The first kappa shape index (κ1) is 21.2. The quantitative estimate of drug-likeness (QED) is 0.558. The van der Waals surface area contributed by atoms with Crippen LogP contribution in [0, 0.1) is 12.8 Å². The van der Waals surface area contributed by atoms with Crippen molar-refractivity contribution in [2.24, 2.45) is 5.92 Å². The maximum absolute atomic E-state index is 12.4. The molecule has 1 atom stereocenters. The molecule has 5 nitrogen and oxygen atoms in total. The average molecular weight is 372 g/mol. The molecular weight excluding hydrogens is 338 g/mol. The summed E-state index contributed by atoms with van der Waals surface area (Å²) < 4.78 is 7.58. The van der Waals surface area contributed by atoms with Crippen LogP contribution in [0.25, 0.3) is 5.69 Å². The third-order valence-corrected chi connectivity index (χ3v) is 4.90. The Labute approximate surface area is 163 Å². The lowest BCUT2D eigenvalue weighted by atomic mass is 10.0. The van der Waals surface area contributed by atoms with Gasteiger partial charge in [0.25, 0.3) is 5.91 Å². The molecule has 2 aromatic rings. The number of nitrogens with one attached hydrogen (secondary N) is 1. The summed E-state index contributed by atoms with van der Waals surface area (Å²) in [4.78, 5) is 12.4. The number of carbonyl (C=O) groups excluding carboxylic acids is 1. The summed E-state index contributed by atoms with van der Waals surface area (Å²) in [6.07, 6.45) is 7.38. The largest absolute Gasteiger partial charge is 0.381 e. The minimum Gasteiger partial charge on any atom is -0.381 e. The van der Waals surface area contributed by atoms with E-state index in [0.717, 1.165) is 24.4 Å². The molecule has 0 bridgehead atoms. The number of ether oxygens (including phenoxy) is 1. The highest BCUT2D eigenvalue weighted by molar-refractivity contribution is 5.95. The number of hydrogen-bond acceptors (Lipinski definition) is 3. The van der Waals surface area contributed by atoms with Crippen LogP contribution < -0.4 is 5.32 Å². The van der Waals surface area contributed by atoms with Crippen molar-refractivity contribution in [1.29, 1.82) is 0 Å². The monoisotopic (exact) mass is 371 g/mol. The van der Waals surface area contributed by atoms with Crippen molar-refractivity contribution < 1.29 is 9.53 Å². The van der Waals surface area contributed by atoms with E-state index in [1.807, 2.05) is 37.3 Å². The number of nitrogens with zero attached hydrogens (tertiary/aromatic N) is 2. The van der Waals surface area contributed by atoms with Gasteiger partial charge in [-0.25, -0.2) is 4.68 Å². The Morgan fingerprint density at radius 2 is 2.00 bits per heavy atom. The molecule has 0 aliphatic rings. The summed E-state index contributed by atoms with van der Waals surface area (Å²) in [5.41, 5.74) is 2.41. The third-order valence-electron chi connectivity index (χ3n) is 4.90. The maximum atomic E-state index is 12.4. The van der Waals surface area contributed by atoms with Crippen LogP contribution in [0.4, 0.5) is 0 Å². The van der Waals surface area contributed by atoms with Gasteiger partial charge in [-0.2, -0.15) is 5.10 Å². The standard InChI is InChI=1S/C22H33N3O2/c1-4-6-11-19(5-2)17-27-15-10-14-23-22(26)21-16-24-25(18(21)3)20-12-8-7-9-13-20/h7-9,12-13,16,19H,4-6,10-11,14-15,17H2,1-3H3,(H,23,26). The Morgan fingerprint density at radius 3 is 2.70 bits per heavy atom. The Bertz CT molecular complexity index is 682. The first-order valence-electron chi connectivity index (χ1n) is 10.1. The van der Waals surface area contributed by atoms with E-state index in [0.29, 0.717) is 24.6 Å². The van der Waals surface area contributed by atoms with Crippen molar-refractivity contribution in [2.45, 2.75) is 52.9 Å². The van der Waals surface area contributed by atoms with Crippen molar-refractivity contribution in [2.75, 3.05) is 19.8 Å². The molecule has 27 heavy (non-hydrogen) atoms. The van der Waals surface area contributed by atoms with Gasteiger partial charge in [-0.15, -0.1) is 0 Å². The molecule has 1 amide bonds.